The Kier molecular flexibility index (Phi) is 5.30. The average molecular weight is 302 g/mol. The first-order chi connectivity index (χ1) is 10.6. The van der Waals surface area contributed by atoms with E-state index in [1.807, 2.05) is 35.0 Å². The molecule has 2 rings (SSSR count). The van der Waals surface area contributed by atoms with Gasteiger partial charge in [-0.2, -0.15) is 5.10 Å². The highest BCUT2D eigenvalue weighted by atomic mass is 16.7. The lowest BCUT2D eigenvalue weighted by atomic mass is 10.0. The molecule has 0 bridgehead atoms. The van der Waals surface area contributed by atoms with E-state index in [1.54, 1.807) is 13.2 Å². The summed E-state index contributed by atoms with van der Waals surface area (Å²) in [6.45, 7) is 2.88. The second-order valence-corrected chi connectivity index (χ2v) is 5.04. The minimum absolute atomic E-state index is 0.150. The van der Waals surface area contributed by atoms with Crippen LogP contribution in [0.1, 0.15) is 24.9 Å². The number of rotatable bonds is 6. The van der Waals surface area contributed by atoms with Gasteiger partial charge in [0.15, 0.2) is 0 Å². The number of aryl methyl sites for hydroxylation is 1. The maximum absolute atomic E-state index is 11.8. The van der Waals surface area contributed by atoms with Crippen molar-refractivity contribution in [1.29, 1.82) is 0 Å². The summed E-state index contributed by atoms with van der Waals surface area (Å²) in [6, 6.07) is 9.54. The van der Waals surface area contributed by atoms with Crippen LogP contribution in [-0.2, 0) is 16.2 Å². The molecule has 1 aromatic carbocycles. The van der Waals surface area contributed by atoms with Gasteiger partial charge >= 0.3 is 0 Å². The van der Waals surface area contributed by atoms with Crippen LogP contribution in [0.4, 0.5) is 0 Å². The Morgan fingerprint density at radius 1 is 1.36 bits per heavy atom. The zero-order valence-electron chi connectivity index (χ0n) is 13.2. The average Bonchev–Trinajstić information content (AvgIpc) is 3.02. The second kappa shape index (κ2) is 7.20. The lowest BCUT2D eigenvalue weighted by Gasteiger charge is -2.17. The molecule has 22 heavy (non-hydrogen) atoms. The van der Waals surface area contributed by atoms with E-state index in [-0.39, 0.29) is 18.4 Å². The molecule has 0 saturated carbocycles. The topological polar surface area (TPSA) is 73.4 Å². The molecule has 6 nitrogen and oxygen atoms in total. The van der Waals surface area contributed by atoms with Gasteiger partial charge in [0.2, 0.25) is 5.91 Å². The minimum atomic E-state index is -0.352. The van der Waals surface area contributed by atoms with Crippen LogP contribution < -0.4 is 5.73 Å². The van der Waals surface area contributed by atoms with Crippen molar-refractivity contribution in [3.8, 4) is 11.3 Å². The van der Waals surface area contributed by atoms with Gasteiger partial charge in [0, 0.05) is 32.3 Å². The van der Waals surface area contributed by atoms with Crippen LogP contribution in [0.15, 0.2) is 36.5 Å². The van der Waals surface area contributed by atoms with Crippen LogP contribution in [0, 0.1) is 0 Å². The highest BCUT2D eigenvalue weighted by Crippen LogP contribution is 2.22. The Hall–Kier alpha value is -2.18. The summed E-state index contributed by atoms with van der Waals surface area (Å²) in [6.07, 6.45) is 1.99. The molecular formula is C16H22N4O2. The van der Waals surface area contributed by atoms with Crippen molar-refractivity contribution >= 4 is 5.91 Å². The molecule has 118 valence electrons. The van der Waals surface area contributed by atoms with Crippen LogP contribution >= 0.6 is 0 Å². The van der Waals surface area contributed by atoms with Gasteiger partial charge < -0.3 is 5.73 Å². The summed E-state index contributed by atoms with van der Waals surface area (Å²) in [7, 11) is 3.03. The fourth-order valence-electron chi connectivity index (χ4n) is 2.27. The molecule has 0 saturated heterocycles. The molecule has 1 amide bonds. The van der Waals surface area contributed by atoms with Crippen LogP contribution in [0.5, 0.6) is 0 Å². The summed E-state index contributed by atoms with van der Waals surface area (Å²) >= 11 is 0. The molecule has 0 aliphatic carbocycles. The molecule has 0 radical (unpaired) electrons. The molecule has 2 N–H and O–H groups in total. The molecular weight excluding hydrogens is 280 g/mol. The number of hydroxylamine groups is 2. The number of carbonyl (C=O) groups excluding carboxylic acids is 1. The van der Waals surface area contributed by atoms with E-state index < -0.39 is 0 Å². The summed E-state index contributed by atoms with van der Waals surface area (Å²) in [5.41, 5.74) is 9.16. The Labute approximate surface area is 130 Å². The predicted octanol–water partition coefficient (Wildman–Crippen LogP) is 1.98. The van der Waals surface area contributed by atoms with E-state index in [1.165, 1.54) is 12.2 Å². The zero-order valence-corrected chi connectivity index (χ0v) is 13.2. The van der Waals surface area contributed by atoms with Crippen molar-refractivity contribution in [3.63, 3.8) is 0 Å². The molecule has 0 fully saturated rings. The minimum Gasteiger partial charge on any atom is -0.324 e. The van der Waals surface area contributed by atoms with Gasteiger partial charge in [0.05, 0.1) is 12.8 Å². The van der Waals surface area contributed by atoms with Crippen molar-refractivity contribution in [1.82, 2.24) is 14.8 Å². The molecule has 0 unspecified atom stereocenters. The van der Waals surface area contributed by atoms with Crippen LogP contribution in [-0.4, -0.2) is 34.9 Å². The molecule has 1 atom stereocenters. The third-order valence-electron chi connectivity index (χ3n) is 3.67. The Morgan fingerprint density at radius 2 is 2.05 bits per heavy atom. The van der Waals surface area contributed by atoms with Crippen molar-refractivity contribution in [2.45, 2.75) is 25.9 Å². The van der Waals surface area contributed by atoms with Gasteiger partial charge in [0.1, 0.15) is 0 Å². The molecule has 1 heterocycles. The van der Waals surface area contributed by atoms with E-state index in [0.717, 1.165) is 23.4 Å². The van der Waals surface area contributed by atoms with Gasteiger partial charge in [-0.05, 0) is 24.1 Å². The third kappa shape index (κ3) is 3.52. The molecule has 0 aliphatic rings. The molecule has 1 aromatic heterocycles. The first-order valence-corrected chi connectivity index (χ1v) is 7.25. The molecule has 0 aliphatic heterocycles. The van der Waals surface area contributed by atoms with Crippen molar-refractivity contribution in [2.24, 2.45) is 5.73 Å². The van der Waals surface area contributed by atoms with Crippen LogP contribution in [0.25, 0.3) is 11.3 Å². The highest BCUT2D eigenvalue weighted by Gasteiger charge is 2.15. The number of benzene rings is 1. The van der Waals surface area contributed by atoms with E-state index >= 15 is 0 Å². The normalized spacial score (nSPS) is 12.2. The monoisotopic (exact) mass is 302 g/mol. The number of nitrogens with zero attached hydrogens (tertiary/aromatic N) is 3. The number of aromatic nitrogens is 2. The number of carbonyl (C=O) groups is 1. The largest absolute Gasteiger partial charge is 0.324 e. The fourth-order valence-corrected chi connectivity index (χ4v) is 2.27. The Bertz CT molecular complexity index is 621. The molecule has 0 spiro atoms. The molecule has 2 aromatic rings. The summed E-state index contributed by atoms with van der Waals surface area (Å²) < 4.78 is 1.94. The predicted molar refractivity (Wildman–Crippen MR) is 84.7 cm³/mol. The maximum atomic E-state index is 11.8. The Balaban J connectivity index is 2.10. The van der Waals surface area contributed by atoms with Gasteiger partial charge in [-0.3, -0.25) is 14.3 Å². The summed E-state index contributed by atoms with van der Waals surface area (Å²) in [4.78, 5) is 16.7. The van der Waals surface area contributed by atoms with E-state index in [2.05, 4.69) is 12.0 Å². The standard InChI is InChI=1S/C16H22N4O2/c1-4-20-15(9-10-18-20)13-7-5-12(6-8-13)14(17)11-16(21)19(2)22-3/h5-10,14H,4,11,17H2,1-3H3/t14-/m0/s1. The van der Waals surface area contributed by atoms with Gasteiger partial charge in [0.25, 0.3) is 0 Å². The fraction of sp³-hybridized carbons (Fsp3) is 0.375. The van der Waals surface area contributed by atoms with Gasteiger partial charge in [-0.15, -0.1) is 0 Å². The number of amides is 1. The Morgan fingerprint density at radius 3 is 2.64 bits per heavy atom. The summed E-state index contributed by atoms with van der Waals surface area (Å²) in [5.74, 6) is -0.150. The summed E-state index contributed by atoms with van der Waals surface area (Å²) in [5, 5.41) is 5.45. The van der Waals surface area contributed by atoms with Crippen LogP contribution in [0.2, 0.25) is 0 Å². The smallest absolute Gasteiger partial charge is 0.247 e. The lowest BCUT2D eigenvalue weighted by Crippen LogP contribution is -2.28. The third-order valence-corrected chi connectivity index (χ3v) is 3.67. The van der Waals surface area contributed by atoms with Crippen molar-refractivity contribution in [3.05, 3.63) is 42.1 Å². The second-order valence-electron chi connectivity index (χ2n) is 5.04. The van der Waals surface area contributed by atoms with Gasteiger partial charge in [-0.25, -0.2) is 5.06 Å². The number of nitrogens with two attached hydrogens (primary N) is 1. The van der Waals surface area contributed by atoms with E-state index in [0.29, 0.717) is 0 Å². The lowest BCUT2D eigenvalue weighted by molar-refractivity contribution is -0.169. The van der Waals surface area contributed by atoms with E-state index in [9.17, 15) is 4.79 Å². The first-order valence-electron chi connectivity index (χ1n) is 7.25. The van der Waals surface area contributed by atoms with E-state index in [4.69, 9.17) is 10.6 Å². The maximum Gasteiger partial charge on any atom is 0.247 e. The van der Waals surface area contributed by atoms with Gasteiger partial charge in [-0.1, -0.05) is 24.3 Å². The van der Waals surface area contributed by atoms with Crippen LogP contribution in [0.3, 0.4) is 0 Å². The SMILES string of the molecule is CCn1nccc1-c1ccc([C@@H](N)CC(=O)N(C)OC)cc1. The van der Waals surface area contributed by atoms with Crippen molar-refractivity contribution < 1.29 is 9.63 Å². The highest BCUT2D eigenvalue weighted by molar-refractivity contribution is 5.75. The number of hydrogen-bond acceptors (Lipinski definition) is 4. The first kappa shape index (κ1) is 16.2. The van der Waals surface area contributed by atoms with Crippen molar-refractivity contribution in [2.75, 3.05) is 14.2 Å². The number of hydrogen-bond donors (Lipinski definition) is 1. The quantitative estimate of drug-likeness (QED) is 0.828. The zero-order chi connectivity index (χ0) is 16.1. The molecule has 6 heteroatoms.